The second kappa shape index (κ2) is 9.92. The standard InChI is InChI=1S/C21H24N4OS/c1-3-4-13-26-20-8-6-5-7-19(20)14-23-25-16-22-24-21(25)27-15-18-11-9-17(2)10-12-18/h5-12,14,16H,3-4,13,15H2,1-2H3/b23-14+. The van der Waals surface area contributed by atoms with Crippen molar-refractivity contribution in [2.45, 2.75) is 37.6 Å². The summed E-state index contributed by atoms with van der Waals surface area (Å²) >= 11 is 1.61. The minimum Gasteiger partial charge on any atom is -0.493 e. The Bertz CT molecular complexity index is 874. The number of para-hydroxylation sites is 1. The summed E-state index contributed by atoms with van der Waals surface area (Å²) in [6.45, 7) is 4.95. The van der Waals surface area contributed by atoms with Gasteiger partial charge in [-0.2, -0.15) is 9.78 Å². The minimum atomic E-state index is 0.714. The van der Waals surface area contributed by atoms with Crippen LogP contribution in [-0.4, -0.2) is 27.7 Å². The highest BCUT2D eigenvalue weighted by Crippen LogP contribution is 2.21. The molecule has 1 heterocycles. The Morgan fingerprint density at radius 1 is 1.15 bits per heavy atom. The molecule has 0 unspecified atom stereocenters. The van der Waals surface area contributed by atoms with Gasteiger partial charge in [0.15, 0.2) is 0 Å². The number of nitrogens with zero attached hydrogens (tertiary/aromatic N) is 4. The SMILES string of the molecule is CCCCOc1ccccc1/C=N/n1cnnc1SCc1ccc(C)cc1. The zero-order valence-electron chi connectivity index (χ0n) is 15.7. The number of aryl methyl sites for hydroxylation is 1. The van der Waals surface area contributed by atoms with E-state index in [1.54, 1.807) is 29.0 Å². The van der Waals surface area contributed by atoms with Crippen LogP contribution in [-0.2, 0) is 5.75 Å². The van der Waals surface area contributed by atoms with Crippen LogP contribution in [0.2, 0.25) is 0 Å². The highest BCUT2D eigenvalue weighted by Gasteiger charge is 2.06. The maximum atomic E-state index is 5.86. The molecule has 5 nitrogen and oxygen atoms in total. The molecule has 2 aromatic carbocycles. The number of rotatable bonds is 9. The summed E-state index contributed by atoms with van der Waals surface area (Å²) in [5, 5.41) is 13.4. The molecule has 0 aliphatic rings. The van der Waals surface area contributed by atoms with Crippen LogP contribution in [0, 0.1) is 6.92 Å². The van der Waals surface area contributed by atoms with Crippen LogP contribution in [0.1, 0.15) is 36.5 Å². The normalized spacial score (nSPS) is 11.2. The van der Waals surface area contributed by atoms with Gasteiger partial charge < -0.3 is 4.74 Å². The second-order valence-corrected chi connectivity index (χ2v) is 7.16. The van der Waals surface area contributed by atoms with Crippen molar-refractivity contribution in [3.8, 4) is 5.75 Å². The topological polar surface area (TPSA) is 52.3 Å². The van der Waals surface area contributed by atoms with Crippen molar-refractivity contribution >= 4 is 18.0 Å². The Labute approximate surface area is 164 Å². The molecule has 27 heavy (non-hydrogen) atoms. The fraction of sp³-hybridized carbons (Fsp3) is 0.286. The van der Waals surface area contributed by atoms with Gasteiger partial charge in [0.1, 0.15) is 12.1 Å². The van der Waals surface area contributed by atoms with E-state index in [-0.39, 0.29) is 0 Å². The first-order chi connectivity index (χ1) is 13.3. The van der Waals surface area contributed by atoms with E-state index < -0.39 is 0 Å². The summed E-state index contributed by atoms with van der Waals surface area (Å²) in [6.07, 6.45) is 5.56. The molecule has 0 aliphatic heterocycles. The Morgan fingerprint density at radius 2 is 1.96 bits per heavy atom. The predicted molar refractivity (Wildman–Crippen MR) is 111 cm³/mol. The number of aromatic nitrogens is 3. The van der Waals surface area contributed by atoms with E-state index in [2.05, 4.69) is 53.4 Å². The molecule has 140 valence electrons. The smallest absolute Gasteiger partial charge is 0.212 e. The van der Waals surface area contributed by atoms with E-state index in [1.807, 2.05) is 24.3 Å². The van der Waals surface area contributed by atoms with E-state index in [9.17, 15) is 0 Å². The number of ether oxygens (including phenoxy) is 1. The lowest BCUT2D eigenvalue weighted by Crippen LogP contribution is -2.00. The van der Waals surface area contributed by atoms with Gasteiger partial charge in [0.2, 0.25) is 5.16 Å². The highest BCUT2D eigenvalue weighted by atomic mass is 32.2. The molecule has 0 saturated heterocycles. The molecule has 0 spiro atoms. The van der Waals surface area contributed by atoms with Crippen molar-refractivity contribution in [2.75, 3.05) is 6.61 Å². The van der Waals surface area contributed by atoms with Gasteiger partial charge in [0, 0.05) is 11.3 Å². The maximum absolute atomic E-state index is 5.86. The summed E-state index contributed by atoms with van der Waals surface area (Å²) in [5.74, 6) is 1.67. The maximum Gasteiger partial charge on any atom is 0.212 e. The lowest BCUT2D eigenvalue weighted by molar-refractivity contribution is 0.309. The van der Waals surface area contributed by atoms with Gasteiger partial charge in [0.05, 0.1) is 12.8 Å². The number of hydrogen-bond donors (Lipinski definition) is 0. The van der Waals surface area contributed by atoms with Gasteiger partial charge >= 0.3 is 0 Å². The molecule has 3 aromatic rings. The minimum absolute atomic E-state index is 0.714. The van der Waals surface area contributed by atoms with E-state index >= 15 is 0 Å². The van der Waals surface area contributed by atoms with E-state index in [1.165, 1.54) is 11.1 Å². The zero-order valence-corrected chi connectivity index (χ0v) is 16.5. The number of benzene rings is 2. The lowest BCUT2D eigenvalue weighted by Gasteiger charge is -2.08. The molecule has 6 heteroatoms. The zero-order chi connectivity index (χ0) is 18.9. The molecule has 0 aliphatic carbocycles. The molecule has 0 fully saturated rings. The molecule has 0 amide bonds. The van der Waals surface area contributed by atoms with Gasteiger partial charge in [-0.1, -0.05) is 67.1 Å². The summed E-state index contributed by atoms with van der Waals surface area (Å²) in [5.41, 5.74) is 3.45. The third-order valence-electron chi connectivity index (χ3n) is 3.98. The Balaban J connectivity index is 1.66. The van der Waals surface area contributed by atoms with E-state index in [0.29, 0.717) is 6.61 Å². The van der Waals surface area contributed by atoms with Crippen LogP contribution < -0.4 is 4.74 Å². The molecule has 1 aromatic heterocycles. The quantitative estimate of drug-likeness (QED) is 0.300. The van der Waals surface area contributed by atoms with Gasteiger partial charge in [-0.25, -0.2) is 0 Å². The molecule has 0 bridgehead atoms. The van der Waals surface area contributed by atoms with Crippen molar-refractivity contribution in [1.82, 2.24) is 14.9 Å². The van der Waals surface area contributed by atoms with Crippen LogP contribution in [0.25, 0.3) is 0 Å². The Kier molecular flexibility index (Phi) is 7.04. The first-order valence-electron chi connectivity index (χ1n) is 9.11. The Morgan fingerprint density at radius 3 is 2.78 bits per heavy atom. The van der Waals surface area contributed by atoms with Gasteiger partial charge in [-0.3, -0.25) is 0 Å². The van der Waals surface area contributed by atoms with Crippen LogP contribution in [0.15, 0.2) is 65.1 Å². The fourth-order valence-electron chi connectivity index (χ4n) is 2.40. The van der Waals surface area contributed by atoms with Crippen LogP contribution in [0.4, 0.5) is 0 Å². The van der Waals surface area contributed by atoms with Crippen molar-refractivity contribution in [3.63, 3.8) is 0 Å². The molecular weight excluding hydrogens is 356 g/mol. The van der Waals surface area contributed by atoms with E-state index in [0.717, 1.165) is 35.1 Å². The highest BCUT2D eigenvalue weighted by molar-refractivity contribution is 7.98. The second-order valence-electron chi connectivity index (χ2n) is 6.22. The molecule has 0 N–H and O–H groups in total. The number of unbranched alkanes of at least 4 members (excludes halogenated alkanes) is 1. The van der Waals surface area contributed by atoms with Gasteiger partial charge in [0.25, 0.3) is 0 Å². The molecule has 0 saturated carbocycles. The van der Waals surface area contributed by atoms with Crippen LogP contribution >= 0.6 is 11.8 Å². The first-order valence-corrected chi connectivity index (χ1v) is 10.1. The summed E-state index contributed by atoms with van der Waals surface area (Å²) in [4.78, 5) is 0. The average Bonchev–Trinajstić information content (AvgIpc) is 3.14. The number of thioether (sulfide) groups is 1. The van der Waals surface area contributed by atoms with Crippen molar-refractivity contribution in [2.24, 2.45) is 5.10 Å². The fourth-order valence-corrected chi connectivity index (χ4v) is 3.21. The molecular formula is C21H24N4OS. The monoisotopic (exact) mass is 380 g/mol. The van der Waals surface area contributed by atoms with Crippen molar-refractivity contribution in [1.29, 1.82) is 0 Å². The third kappa shape index (κ3) is 5.69. The number of hydrogen-bond acceptors (Lipinski definition) is 5. The Hall–Kier alpha value is -2.60. The van der Waals surface area contributed by atoms with Crippen LogP contribution in [0.5, 0.6) is 5.75 Å². The average molecular weight is 381 g/mol. The van der Waals surface area contributed by atoms with Gasteiger partial charge in [-0.15, -0.1) is 10.2 Å². The van der Waals surface area contributed by atoms with Gasteiger partial charge in [-0.05, 0) is 31.0 Å². The summed E-state index contributed by atoms with van der Waals surface area (Å²) < 4.78 is 7.55. The van der Waals surface area contributed by atoms with Crippen molar-refractivity contribution < 1.29 is 4.74 Å². The molecule has 0 atom stereocenters. The summed E-state index contributed by atoms with van der Waals surface area (Å²) in [7, 11) is 0. The third-order valence-corrected chi connectivity index (χ3v) is 4.99. The summed E-state index contributed by atoms with van der Waals surface area (Å²) in [6, 6.07) is 16.4. The van der Waals surface area contributed by atoms with E-state index in [4.69, 9.17) is 4.74 Å². The predicted octanol–water partition coefficient (Wildman–Crippen LogP) is 4.94. The largest absolute Gasteiger partial charge is 0.493 e. The molecule has 0 radical (unpaired) electrons. The van der Waals surface area contributed by atoms with Crippen molar-refractivity contribution in [3.05, 3.63) is 71.5 Å². The molecule has 3 rings (SSSR count). The van der Waals surface area contributed by atoms with Crippen LogP contribution in [0.3, 0.4) is 0 Å². The first kappa shape index (κ1) is 19.2. The lowest BCUT2D eigenvalue weighted by atomic mass is 10.2.